The van der Waals surface area contributed by atoms with Crippen molar-refractivity contribution in [1.82, 2.24) is 15.0 Å². The Morgan fingerprint density at radius 2 is 1.64 bits per heavy atom. The molecule has 0 spiro atoms. The molecule has 0 unspecified atom stereocenters. The lowest BCUT2D eigenvalue weighted by Crippen LogP contribution is -2.47. The molecule has 1 aromatic carbocycles. The van der Waals surface area contributed by atoms with Crippen molar-refractivity contribution in [2.75, 3.05) is 41.3 Å². The smallest absolute Gasteiger partial charge is 0.135 e. The number of anilines is 4. The molecular formula is C21H23ClN6. The highest BCUT2D eigenvalue weighted by molar-refractivity contribution is 6.33. The van der Waals surface area contributed by atoms with Gasteiger partial charge in [0.15, 0.2) is 0 Å². The van der Waals surface area contributed by atoms with Crippen LogP contribution in [-0.4, -0.2) is 41.1 Å². The fourth-order valence-corrected chi connectivity index (χ4v) is 3.86. The number of benzene rings is 1. The molecule has 1 aliphatic rings. The fraction of sp³-hybridized carbons (Fsp3) is 0.286. The topological polar surface area (TPSA) is 57.2 Å². The Bertz CT molecular complexity index is 931. The van der Waals surface area contributed by atoms with Crippen molar-refractivity contribution in [3.05, 3.63) is 65.1 Å². The Balaban J connectivity index is 1.46. The van der Waals surface area contributed by atoms with Gasteiger partial charge in [-0.1, -0.05) is 23.7 Å². The fourth-order valence-electron chi connectivity index (χ4n) is 3.50. The zero-order chi connectivity index (χ0) is 19.5. The number of pyridine rings is 1. The average molecular weight is 395 g/mol. The van der Waals surface area contributed by atoms with E-state index in [0.29, 0.717) is 5.02 Å². The van der Waals surface area contributed by atoms with Crippen LogP contribution in [0.5, 0.6) is 0 Å². The van der Waals surface area contributed by atoms with Gasteiger partial charge >= 0.3 is 0 Å². The van der Waals surface area contributed by atoms with Crippen LogP contribution in [0.4, 0.5) is 23.1 Å². The third-order valence-corrected chi connectivity index (χ3v) is 5.21. The maximum Gasteiger partial charge on any atom is 0.135 e. The number of aryl methyl sites for hydroxylation is 2. The summed E-state index contributed by atoms with van der Waals surface area (Å²) >= 11 is 6.42. The van der Waals surface area contributed by atoms with Crippen molar-refractivity contribution in [1.29, 1.82) is 0 Å². The Morgan fingerprint density at radius 3 is 2.32 bits per heavy atom. The molecule has 2 aromatic heterocycles. The second-order valence-electron chi connectivity index (χ2n) is 6.99. The van der Waals surface area contributed by atoms with Crippen molar-refractivity contribution >= 4 is 34.7 Å². The summed E-state index contributed by atoms with van der Waals surface area (Å²) in [5, 5.41) is 4.05. The molecule has 7 heteroatoms. The minimum atomic E-state index is 0.696. The number of piperazine rings is 1. The number of nitrogens with one attached hydrogen (secondary N) is 1. The molecule has 1 fully saturated rings. The second kappa shape index (κ2) is 8.02. The van der Waals surface area contributed by atoms with Crippen LogP contribution >= 0.6 is 11.6 Å². The number of hydrogen-bond donors (Lipinski definition) is 1. The summed E-state index contributed by atoms with van der Waals surface area (Å²) in [5.41, 5.74) is 3.12. The molecule has 3 heterocycles. The van der Waals surface area contributed by atoms with E-state index in [-0.39, 0.29) is 0 Å². The molecule has 6 nitrogen and oxygen atoms in total. The monoisotopic (exact) mass is 394 g/mol. The van der Waals surface area contributed by atoms with Crippen LogP contribution < -0.4 is 15.1 Å². The van der Waals surface area contributed by atoms with Crippen LogP contribution in [0.3, 0.4) is 0 Å². The van der Waals surface area contributed by atoms with E-state index >= 15 is 0 Å². The van der Waals surface area contributed by atoms with Crippen LogP contribution in [0.25, 0.3) is 0 Å². The molecular weight excluding hydrogens is 372 g/mol. The first-order valence-electron chi connectivity index (χ1n) is 9.37. The van der Waals surface area contributed by atoms with Crippen LogP contribution in [0, 0.1) is 13.8 Å². The standard InChI is InChI=1S/C21H23ClN6/c1-15-11-16(2)21(17(22)12-15)26-18-13-20(25-14-24-18)28-9-7-27(8-10-28)19-5-3-4-6-23-19/h3-6,11-14H,7-10H2,1-2H3,(H,24,25,26). The largest absolute Gasteiger partial charge is 0.353 e. The van der Waals surface area contributed by atoms with Crippen LogP contribution in [-0.2, 0) is 0 Å². The molecule has 1 N–H and O–H groups in total. The van der Waals surface area contributed by atoms with Gasteiger partial charge in [0, 0.05) is 38.4 Å². The molecule has 4 rings (SSSR count). The Hall–Kier alpha value is -2.86. The summed E-state index contributed by atoms with van der Waals surface area (Å²) in [6.07, 6.45) is 3.43. The summed E-state index contributed by atoms with van der Waals surface area (Å²) in [7, 11) is 0. The van der Waals surface area contributed by atoms with Crippen molar-refractivity contribution in [2.24, 2.45) is 0 Å². The molecule has 0 aliphatic carbocycles. The highest BCUT2D eigenvalue weighted by atomic mass is 35.5. The van der Waals surface area contributed by atoms with Crippen molar-refractivity contribution in [3.8, 4) is 0 Å². The van der Waals surface area contributed by atoms with Crippen LogP contribution in [0.1, 0.15) is 11.1 Å². The molecule has 1 saturated heterocycles. The number of rotatable bonds is 4. The molecule has 3 aromatic rings. The van der Waals surface area contributed by atoms with Gasteiger partial charge in [0.05, 0.1) is 10.7 Å². The molecule has 28 heavy (non-hydrogen) atoms. The Morgan fingerprint density at radius 1 is 0.893 bits per heavy atom. The lowest BCUT2D eigenvalue weighted by atomic mass is 10.1. The average Bonchev–Trinajstić information content (AvgIpc) is 2.72. The van der Waals surface area contributed by atoms with E-state index in [1.54, 1.807) is 6.33 Å². The summed E-state index contributed by atoms with van der Waals surface area (Å²) in [5.74, 6) is 2.68. The van der Waals surface area contributed by atoms with Crippen molar-refractivity contribution in [3.63, 3.8) is 0 Å². The second-order valence-corrected chi connectivity index (χ2v) is 7.39. The van der Waals surface area contributed by atoms with E-state index in [9.17, 15) is 0 Å². The Kier molecular flexibility index (Phi) is 5.30. The summed E-state index contributed by atoms with van der Waals surface area (Å²) in [4.78, 5) is 17.9. The van der Waals surface area contributed by atoms with Crippen LogP contribution in [0.15, 0.2) is 48.9 Å². The van der Waals surface area contributed by atoms with Gasteiger partial charge in [-0.05, 0) is 43.2 Å². The molecule has 0 radical (unpaired) electrons. The minimum absolute atomic E-state index is 0.696. The zero-order valence-corrected chi connectivity index (χ0v) is 16.8. The van der Waals surface area contributed by atoms with E-state index < -0.39 is 0 Å². The summed E-state index contributed by atoms with van der Waals surface area (Å²) in [6.45, 7) is 7.67. The number of nitrogens with zero attached hydrogens (tertiary/aromatic N) is 5. The number of halogens is 1. The van der Waals surface area contributed by atoms with Gasteiger partial charge in [0.1, 0.15) is 23.8 Å². The first kappa shape index (κ1) is 18.5. The number of aromatic nitrogens is 3. The van der Waals surface area contributed by atoms with Gasteiger partial charge in [-0.15, -0.1) is 0 Å². The first-order chi connectivity index (χ1) is 13.6. The van der Waals surface area contributed by atoms with E-state index in [4.69, 9.17) is 11.6 Å². The van der Waals surface area contributed by atoms with Crippen LogP contribution in [0.2, 0.25) is 5.02 Å². The summed E-state index contributed by atoms with van der Waals surface area (Å²) in [6, 6.07) is 12.1. The maximum atomic E-state index is 6.42. The van der Waals surface area contributed by atoms with E-state index in [2.05, 4.69) is 42.2 Å². The lowest BCUT2D eigenvalue weighted by molar-refractivity contribution is 0.641. The van der Waals surface area contributed by atoms with E-state index in [0.717, 1.165) is 60.4 Å². The Labute approximate surface area is 170 Å². The van der Waals surface area contributed by atoms with Gasteiger partial charge in [0.2, 0.25) is 0 Å². The van der Waals surface area contributed by atoms with E-state index in [1.165, 1.54) is 0 Å². The third kappa shape index (κ3) is 4.02. The van der Waals surface area contributed by atoms with Gasteiger partial charge in [-0.3, -0.25) is 0 Å². The van der Waals surface area contributed by atoms with Gasteiger partial charge in [0.25, 0.3) is 0 Å². The predicted molar refractivity (Wildman–Crippen MR) is 115 cm³/mol. The SMILES string of the molecule is Cc1cc(C)c(Nc2cc(N3CCN(c4ccccn4)CC3)ncn2)c(Cl)c1. The quantitative estimate of drug-likeness (QED) is 0.715. The van der Waals surface area contributed by atoms with Gasteiger partial charge < -0.3 is 15.1 Å². The molecule has 0 amide bonds. The minimum Gasteiger partial charge on any atom is -0.353 e. The van der Waals surface area contributed by atoms with Crippen molar-refractivity contribution < 1.29 is 0 Å². The maximum absolute atomic E-state index is 6.42. The van der Waals surface area contributed by atoms with Crippen molar-refractivity contribution in [2.45, 2.75) is 13.8 Å². The predicted octanol–water partition coefficient (Wildman–Crippen LogP) is 4.21. The summed E-state index contributed by atoms with van der Waals surface area (Å²) < 4.78 is 0. The molecule has 0 saturated carbocycles. The van der Waals surface area contributed by atoms with Gasteiger partial charge in [-0.2, -0.15) is 0 Å². The molecule has 144 valence electrons. The normalized spacial score (nSPS) is 14.2. The highest BCUT2D eigenvalue weighted by Gasteiger charge is 2.19. The molecule has 1 aliphatic heterocycles. The lowest BCUT2D eigenvalue weighted by Gasteiger charge is -2.36. The van der Waals surface area contributed by atoms with Gasteiger partial charge in [-0.25, -0.2) is 15.0 Å². The molecule has 0 bridgehead atoms. The molecule has 0 atom stereocenters. The zero-order valence-electron chi connectivity index (χ0n) is 16.1. The first-order valence-corrected chi connectivity index (χ1v) is 9.75. The number of hydrogen-bond acceptors (Lipinski definition) is 6. The van der Waals surface area contributed by atoms with E-state index in [1.807, 2.05) is 44.3 Å². The highest BCUT2D eigenvalue weighted by Crippen LogP contribution is 2.30. The third-order valence-electron chi connectivity index (χ3n) is 4.91.